The summed E-state index contributed by atoms with van der Waals surface area (Å²) in [5, 5.41) is 5.93. The first-order valence-corrected chi connectivity index (χ1v) is 6.02. The lowest BCUT2D eigenvalue weighted by Gasteiger charge is -2.33. The van der Waals surface area contributed by atoms with E-state index in [9.17, 15) is 9.59 Å². The minimum Gasteiger partial charge on any atom is -0.373 e. The summed E-state index contributed by atoms with van der Waals surface area (Å²) in [7, 11) is 0. The van der Waals surface area contributed by atoms with Crippen molar-refractivity contribution < 1.29 is 14.3 Å². The third-order valence-electron chi connectivity index (χ3n) is 3.24. The van der Waals surface area contributed by atoms with E-state index in [1.54, 1.807) is 11.8 Å². The third kappa shape index (κ3) is 3.17. The summed E-state index contributed by atoms with van der Waals surface area (Å²) in [5.41, 5.74) is 0. The van der Waals surface area contributed by atoms with E-state index < -0.39 is 0 Å². The van der Waals surface area contributed by atoms with Crippen molar-refractivity contribution in [2.45, 2.75) is 13.0 Å². The SMILES string of the molecule is CC(=O)N1CCOC(CNC(=O)C2CNC2)C1. The molecule has 2 fully saturated rings. The summed E-state index contributed by atoms with van der Waals surface area (Å²) in [5.74, 6) is 0.239. The van der Waals surface area contributed by atoms with E-state index in [0.29, 0.717) is 26.2 Å². The number of hydrogen-bond donors (Lipinski definition) is 2. The number of nitrogens with one attached hydrogen (secondary N) is 2. The monoisotopic (exact) mass is 241 g/mol. The van der Waals surface area contributed by atoms with E-state index in [1.165, 1.54) is 0 Å². The molecule has 0 bridgehead atoms. The van der Waals surface area contributed by atoms with Crippen molar-refractivity contribution in [1.82, 2.24) is 15.5 Å². The molecule has 0 aromatic rings. The van der Waals surface area contributed by atoms with Gasteiger partial charge in [0.15, 0.2) is 0 Å². The van der Waals surface area contributed by atoms with Crippen LogP contribution in [0.15, 0.2) is 0 Å². The molecule has 2 saturated heterocycles. The minimum atomic E-state index is -0.0790. The van der Waals surface area contributed by atoms with Gasteiger partial charge in [-0.3, -0.25) is 9.59 Å². The van der Waals surface area contributed by atoms with Gasteiger partial charge in [0.25, 0.3) is 0 Å². The molecule has 0 radical (unpaired) electrons. The minimum absolute atomic E-state index is 0.0628. The first-order chi connectivity index (χ1) is 8.16. The molecule has 2 aliphatic rings. The van der Waals surface area contributed by atoms with Gasteiger partial charge in [-0.05, 0) is 0 Å². The summed E-state index contributed by atoms with van der Waals surface area (Å²) in [6, 6.07) is 0. The van der Waals surface area contributed by atoms with Gasteiger partial charge >= 0.3 is 0 Å². The Kier molecular flexibility index (Phi) is 3.96. The molecule has 6 nitrogen and oxygen atoms in total. The maximum Gasteiger partial charge on any atom is 0.225 e. The van der Waals surface area contributed by atoms with Crippen molar-refractivity contribution in [3.8, 4) is 0 Å². The maximum absolute atomic E-state index is 11.6. The summed E-state index contributed by atoms with van der Waals surface area (Å²) >= 11 is 0. The molecule has 0 aromatic carbocycles. The molecular weight excluding hydrogens is 222 g/mol. The number of nitrogens with zero attached hydrogens (tertiary/aromatic N) is 1. The van der Waals surface area contributed by atoms with Gasteiger partial charge in [0.1, 0.15) is 0 Å². The summed E-state index contributed by atoms with van der Waals surface area (Å²) < 4.78 is 5.52. The number of carbonyl (C=O) groups excluding carboxylic acids is 2. The number of amides is 2. The number of ether oxygens (including phenoxy) is 1. The first-order valence-electron chi connectivity index (χ1n) is 6.02. The number of rotatable bonds is 3. The fourth-order valence-corrected chi connectivity index (χ4v) is 1.96. The lowest BCUT2D eigenvalue weighted by atomic mass is 10.0. The Morgan fingerprint density at radius 1 is 1.47 bits per heavy atom. The smallest absolute Gasteiger partial charge is 0.225 e. The van der Waals surface area contributed by atoms with Crippen LogP contribution in [0.25, 0.3) is 0 Å². The maximum atomic E-state index is 11.6. The quantitative estimate of drug-likeness (QED) is 0.635. The van der Waals surface area contributed by atoms with Crippen molar-refractivity contribution in [2.24, 2.45) is 5.92 Å². The topological polar surface area (TPSA) is 70.7 Å². The molecule has 2 rings (SSSR count). The average Bonchev–Trinajstić information content (AvgIpc) is 2.24. The number of morpholine rings is 1. The van der Waals surface area contributed by atoms with Crippen molar-refractivity contribution in [2.75, 3.05) is 39.3 Å². The van der Waals surface area contributed by atoms with Crippen LogP contribution >= 0.6 is 0 Å². The molecule has 0 saturated carbocycles. The van der Waals surface area contributed by atoms with Crippen LogP contribution in [0.4, 0.5) is 0 Å². The third-order valence-corrected chi connectivity index (χ3v) is 3.24. The second-order valence-electron chi connectivity index (χ2n) is 4.56. The highest BCUT2D eigenvalue weighted by atomic mass is 16.5. The van der Waals surface area contributed by atoms with E-state index in [4.69, 9.17) is 4.74 Å². The predicted molar refractivity (Wildman–Crippen MR) is 61.4 cm³/mol. The van der Waals surface area contributed by atoms with Crippen LogP contribution in [0.1, 0.15) is 6.92 Å². The molecule has 2 heterocycles. The molecule has 0 spiro atoms. The van der Waals surface area contributed by atoms with Crippen molar-refractivity contribution in [3.63, 3.8) is 0 Å². The first kappa shape index (κ1) is 12.3. The zero-order chi connectivity index (χ0) is 12.3. The molecule has 0 aromatic heterocycles. The van der Waals surface area contributed by atoms with Crippen molar-refractivity contribution in [3.05, 3.63) is 0 Å². The van der Waals surface area contributed by atoms with Crippen LogP contribution in [0, 0.1) is 5.92 Å². The van der Waals surface area contributed by atoms with Crippen LogP contribution in [-0.4, -0.2) is 62.1 Å². The fraction of sp³-hybridized carbons (Fsp3) is 0.818. The molecular formula is C11H19N3O3. The Balaban J connectivity index is 1.71. The number of carbonyl (C=O) groups is 2. The molecule has 2 aliphatic heterocycles. The normalized spacial score (nSPS) is 25.2. The lowest BCUT2D eigenvalue weighted by molar-refractivity contribution is -0.136. The largest absolute Gasteiger partial charge is 0.373 e. The Bertz CT molecular complexity index is 304. The van der Waals surface area contributed by atoms with E-state index >= 15 is 0 Å². The van der Waals surface area contributed by atoms with Gasteiger partial charge in [-0.2, -0.15) is 0 Å². The second kappa shape index (κ2) is 5.46. The van der Waals surface area contributed by atoms with Crippen molar-refractivity contribution >= 4 is 11.8 Å². The molecule has 96 valence electrons. The molecule has 6 heteroatoms. The molecule has 1 atom stereocenters. The zero-order valence-corrected chi connectivity index (χ0v) is 10.1. The van der Waals surface area contributed by atoms with Gasteiger partial charge in [0.2, 0.25) is 11.8 Å². The van der Waals surface area contributed by atoms with Gasteiger partial charge in [0.05, 0.1) is 18.6 Å². The van der Waals surface area contributed by atoms with Crippen LogP contribution in [0.5, 0.6) is 0 Å². The van der Waals surface area contributed by atoms with Crippen LogP contribution in [0.2, 0.25) is 0 Å². The Morgan fingerprint density at radius 2 is 2.24 bits per heavy atom. The highest BCUT2D eigenvalue weighted by molar-refractivity contribution is 5.80. The molecule has 17 heavy (non-hydrogen) atoms. The van der Waals surface area contributed by atoms with E-state index in [2.05, 4.69) is 10.6 Å². The standard InChI is InChI=1S/C11H19N3O3/c1-8(15)14-2-3-17-10(7-14)6-13-11(16)9-4-12-5-9/h9-10,12H,2-7H2,1H3,(H,13,16). The Hall–Kier alpha value is -1.14. The molecule has 2 N–H and O–H groups in total. The van der Waals surface area contributed by atoms with Gasteiger partial charge in [-0.25, -0.2) is 0 Å². The molecule has 0 aliphatic carbocycles. The van der Waals surface area contributed by atoms with Crippen LogP contribution in [-0.2, 0) is 14.3 Å². The van der Waals surface area contributed by atoms with Gasteiger partial charge in [-0.1, -0.05) is 0 Å². The fourth-order valence-electron chi connectivity index (χ4n) is 1.96. The highest BCUT2D eigenvalue weighted by Crippen LogP contribution is 2.06. The lowest BCUT2D eigenvalue weighted by Crippen LogP contribution is -2.54. The molecule has 1 unspecified atom stereocenters. The second-order valence-corrected chi connectivity index (χ2v) is 4.56. The Morgan fingerprint density at radius 3 is 2.82 bits per heavy atom. The van der Waals surface area contributed by atoms with E-state index in [1.807, 2.05) is 0 Å². The van der Waals surface area contributed by atoms with Crippen LogP contribution < -0.4 is 10.6 Å². The van der Waals surface area contributed by atoms with E-state index in [-0.39, 0.29) is 23.8 Å². The summed E-state index contributed by atoms with van der Waals surface area (Å²) in [4.78, 5) is 24.6. The predicted octanol–water partition coefficient (Wildman–Crippen LogP) is -1.43. The molecule has 2 amide bonds. The zero-order valence-electron chi connectivity index (χ0n) is 10.1. The van der Waals surface area contributed by atoms with Gasteiger partial charge in [-0.15, -0.1) is 0 Å². The summed E-state index contributed by atoms with van der Waals surface area (Å²) in [6.45, 7) is 5.32. The van der Waals surface area contributed by atoms with Crippen LogP contribution in [0.3, 0.4) is 0 Å². The summed E-state index contributed by atoms with van der Waals surface area (Å²) in [6.07, 6.45) is -0.0790. The number of hydrogen-bond acceptors (Lipinski definition) is 4. The van der Waals surface area contributed by atoms with Gasteiger partial charge < -0.3 is 20.3 Å². The van der Waals surface area contributed by atoms with Gasteiger partial charge in [0, 0.05) is 39.6 Å². The van der Waals surface area contributed by atoms with E-state index in [0.717, 1.165) is 13.1 Å². The Labute approximate surface area is 101 Å². The highest BCUT2D eigenvalue weighted by Gasteiger charge is 2.27. The average molecular weight is 241 g/mol. The van der Waals surface area contributed by atoms with Crippen molar-refractivity contribution in [1.29, 1.82) is 0 Å².